The third-order valence-corrected chi connectivity index (χ3v) is 3.69. The van der Waals surface area contributed by atoms with Crippen LogP contribution >= 0.6 is 0 Å². The average Bonchev–Trinajstić information content (AvgIpc) is 2.91. The van der Waals surface area contributed by atoms with E-state index in [2.05, 4.69) is 31.3 Å². The second-order valence-corrected chi connectivity index (χ2v) is 5.24. The van der Waals surface area contributed by atoms with Crippen LogP contribution < -0.4 is 10.1 Å². The molecule has 1 aliphatic heterocycles. The van der Waals surface area contributed by atoms with Crippen molar-refractivity contribution in [1.82, 2.24) is 5.32 Å². The first-order valence-corrected chi connectivity index (χ1v) is 7.30. The van der Waals surface area contributed by atoms with Crippen molar-refractivity contribution in [2.24, 2.45) is 5.92 Å². The molecule has 1 aromatic carbocycles. The molecule has 1 aromatic rings. The van der Waals surface area contributed by atoms with E-state index in [9.17, 15) is 0 Å². The molecule has 1 fully saturated rings. The highest BCUT2D eigenvalue weighted by molar-refractivity contribution is 5.27. The minimum absolute atomic E-state index is 0.511. The molecule has 1 N–H and O–H groups in total. The summed E-state index contributed by atoms with van der Waals surface area (Å²) in [6.45, 7) is 7.81. The Morgan fingerprint density at radius 3 is 3.05 bits per heavy atom. The van der Waals surface area contributed by atoms with Gasteiger partial charge < -0.3 is 14.8 Å². The van der Waals surface area contributed by atoms with E-state index in [-0.39, 0.29) is 0 Å². The minimum atomic E-state index is 0.511. The van der Waals surface area contributed by atoms with E-state index in [1.165, 1.54) is 12.0 Å². The molecule has 0 bridgehead atoms. The molecular weight excluding hydrogens is 238 g/mol. The number of hydrogen-bond acceptors (Lipinski definition) is 3. The van der Waals surface area contributed by atoms with Gasteiger partial charge >= 0.3 is 0 Å². The maximum Gasteiger partial charge on any atom is 0.119 e. The molecule has 3 heteroatoms. The second kappa shape index (κ2) is 7.51. The van der Waals surface area contributed by atoms with Gasteiger partial charge in [0, 0.05) is 12.6 Å². The lowest BCUT2D eigenvalue weighted by Gasteiger charge is -2.23. The van der Waals surface area contributed by atoms with E-state index in [0.717, 1.165) is 38.5 Å². The third-order valence-electron chi connectivity index (χ3n) is 3.69. The lowest BCUT2D eigenvalue weighted by Crippen LogP contribution is -2.37. The Labute approximate surface area is 116 Å². The Morgan fingerprint density at radius 2 is 2.37 bits per heavy atom. The number of hydrogen-bond donors (Lipinski definition) is 1. The zero-order valence-corrected chi connectivity index (χ0v) is 12.0. The van der Waals surface area contributed by atoms with Crippen molar-refractivity contribution < 1.29 is 9.47 Å². The number of rotatable bonds is 7. The smallest absolute Gasteiger partial charge is 0.119 e. The summed E-state index contributed by atoms with van der Waals surface area (Å²) in [5.41, 5.74) is 1.24. The van der Waals surface area contributed by atoms with Crippen molar-refractivity contribution >= 4 is 0 Å². The summed E-state index contributed by atoms with van der Waals surface area (Å²) in [5.74, 6) is 1.61. The molecule has 2 rings (SSSR count). The first-order chi connectivity index (χ1) is 9.29. The van der Waals surface area contributed by atoms with Gasteiger partial charge in [0.25, 0.3) is 0 Å². The van der Waals surface area contributed by atoms with Crippen LogP contribution in [0.25, 0.3) is 0 Å². The predicted octanol–water partition coefficient (Wildman–Crippen LogP) is 2.78. The highest BCUT2D eigenvalue weighted by atomic mass is 16.5. The van der Waals surface area contributed by atoms with Crippen LogP contribution in [0, 0.1) is 12.8 Å². The van der Waals surface area contributed by atoms with Crippen molar-refractivity contribution in [3.8, 4) is 5.75 Å². The van der Waals surface area contributed by atoms with E-state index < -0.39 is 0 Å². The van der Waals surface area contributed by atoms with Crippen LogP contribution in [0.2, 0.25) is 0 Å². The number of nitrogens with one attached hydrogen (secondary N) is 1. The summed E-state index contributed by atoms with van der Waals surface area (Å²) in [6, 6.07) is 8.74. The molecular formula is C16H25NO2. The van der Waals surface area contributed by atoms with Crippen LogP contribution in [0.1, 0.15) is 25.3 Å². The summed E-state index contributed by atoms with van der Waals surface area (Å²) in [5, 5.41) is 3.56. The van der Waals surface area contributed by atoms with Crippen molar-refractivity contribution in [2.75, 3.05) is 26.4 Å². The van der Waals surface area contributed by atoms with Crippen molar-refractivity contribution in [3.63, 3.8) is 0 Å². The third kappa shape index (κ3) is 4.51. The van der Waals surface area contributed by atoms with Gasteiger partial charge in [0.15, 0.2) is 0 Å². The van der Waals surface area contributed by atoms with Gasteiger partial charge in [0.05, 0.1) is 13.2 Å². The molecule has 106 valence electrons. The molecule has 0 saturated carbocycles. The van der Waals surface area contributed by atoms with Crippen molar-refractivity contribution in [3.05, 3.63) is 29.8 Å². The Balaban J connectivity index is 1.78. The molecule has 0 spiro atoms. The van der Waals surface area contributed by atoms with Gasteiger partial charge in [0.1, 0.15) is 5.75 Å². The molecule has 0 amide bonds. The maximum atomic E-state index is 5.84. The molecule has 19 heavy (non-hydrogen) atoms. The molecule has 0 radical (unpaired) electrons. The SMILES string of the molecule is CCNC(CCOc1cccc(C)c1)C1CCOC1. The van der Waals surface area contributed by atoms with E-state index in [1.807, 2.05) is 12.1 Å². The highest BCUT2D eigenvalue weighted by Crippen LogP contribution is 2.20. The van der Waals surface area contributed by atoms with Gasteiger partial charge in [-0.05, 0) is 49.9 Å². The van der Waals surface area contributed by atoms with Gasteiger partial charge in [-0.25, -0.2) is 0 Å². The largest absolute Gasteiger partial charge is 0.494 e. The average molecular weight is 263 g/mol. The standard InChI is InChI=1S/C16H25NO2/c1-3-17-16(14-7-9-18-12-14)8-10-19-15-6-4-5-13(2)11-15/h4-6,11,14,16-17H,3,7-10,12H2,1-2H3. The fraction of sp³-hybridized carbons (Fsp3) is 0.625. The zero-order chi connectivity index (χ0) is 13.5. The van der Waals surface area contributed by atoms with E-state index in [4.69, 9.17) is 9.47 Å². The molecule has 1 aliphatic rings. The molecule has 0 aromatic heterocycles. The Bertz CT molecular complexity index is 375. The maximum absolute atomic E-state index is 5.84. The quantitative estimate of drug-likeness (QED) is 0.820. The number of benzene rings is 1. The van der Waals surface area contributed by atoms with Gasteiger partial charge in [-0.1, -0.05) is 19.1 Å². The van der Waals surface area contributed by atoms with Crippen LogP contribution in [0.3, 0.4) is 0 Å². The van der Waals surface area contributed by atoms with E-state index >= 15 is 0 Å². The summed E-state index contributed by atoms with van der Waals surface area (Å²) in [7, 11) is 0. The molecule has 3 nitrogen and oxygen atoms in total. The van der Waals surface area contributed by atoms with Gasteiger partial charge in [0.2, 0.25) is 0 Å². The molecule has 1 saturated heterocycles. The van der Waals surface area contributed by atoms with Gasteiger partial charge in [-0.2, -0.15) is 0 Å². The summed E-state index contributed by atoms with van der Waals surface area (Å²) >= 11 is 0. The van der Waals surface area contributed by atoms with Crippen LogP contribution in [0.15, 0.2) is 24.3 Å². The van der Waals surface area contributed by atoms with E-state index in [0.29, 0.717) is 12.0 Å². The van der Waals surface area contributed by atoms with Gasteiger partial charge in [-0.15, -0.1) is 0 Å². The minimum Gasteiger partial charge on any atom is -0.494 e. The summed E-state index contributed by atoms with van der Waals surface area (Å²) in [6.07, 6.45) is 2.21. The molecule has 2 atom stereocenters. The lowest BCUT2D eigenvalue weighted by molar-refractivity contribution is 0.170. The Hall–Kier alpha value is -1.06. The van der Waals surface area contributed by atoms with Crippen molar-refractivity contribution in [2.45, 2.75) is 32.7 Å². The predicted molar refractivity (Wildman–Crippen MR) is 77.7 cm³/mol. The van der Waals surface area contributed by atoms with Crippen LogP contribution in [0.4, 0.5) is 0 Å². The lowest BCUT2D eigenvalue weighted by atomic mass is 9.96. The zero-order valence-electron chi connectivity index (χ0n) is 12.0. The first kappa shape index (κ1) is 14.4. The van der Waals surface area contributed by atoms with Gasteiger partial charge in [-0.3, -0.25) is 0 Å². The number of ether oxygens (including phenoxy) is 2. The first-order valence-electron chi connectivity index (χ1n) is 7.30. The monoisotopic (exact) mass is 263 g/mol. The molecule has 1 heterocycles. The normalized spacial score (nSPS) is 20.4. The highest BCUT2D eigenvalue weighted by Gasteiger charge is 2.24. The summed E-state index contributed by atoms with van der Waals surface area (Å²) < 4.78 is 11.3. The van der Waals surface area contributed by atoms with Crippen LogP contribution in [-0.4, -0.2) is 32.4 Å². The molecule has 0 aliphatic carbocycles. The van der Waals surface area contributed by atoms with Crippen LogP contribution in [0.5, 0.6) is 5.75 Å². The van der Waals surface area contributed by atoms with E-state index in [1.54, 1.807) is 0 Å². The number of aryl methyl sites for hydroxylation is 1. The molecule has 2 unspecified atom stereocenters. The second-order valence-electron chi connectivity index (χ2n) is 5.24. The Morgan fingerprint density at radius 1 is 1.47 bits per heavy atom. The fourth-order valence-electron chi connectivity index (χ4n) is 2.65. The summed E-state index contributed by atoms with van der Waals surface area (Å²) in [4.78, 5) is 0. The Kier molecular flexibility index (Phi) is 5.67. The van der Waals surface area contributed by atoms with Crippen LogP contribution in [-0.2, 0) is 4.74 Å². The fourth-order valence-corrected chi connectivity index (χ4v) is 2.65. The van der Waals surface area contributed by atoms with Crippen molar-refractivity contribution in [1.29, 1.82) is 0 Å². The topological polar surface area (TPSA) is 30.5 Å².